The highest BCUT2D eigenvalue weighted by Gasteiger charge is 2.11. The lowest BCUT2D eigenvalue weighted by molar-refractivity contribution is 0.905. The SMILES string of the molecule is CNc1nc(N(C)Cc2ccsc2)c2ccccc2n1. The number of aromatic nitrogens is 2. The van der Waals surface area contributed by atoms with Gasteiger partial charge in [0.15, 0.2) is 0 Å². The predicted molar refractivity (Wildman–Crippen MR) is 85.5 cm³/mol. The number of para-hydroxylation sites is 1. The van der Waals surface area contributed by atoms with Crippen molar-refractivity contribution in [3.8, 4) is 0 Å². The average Bonchev–Trinajstić information content (AvgIpc) is 2.98. The molecule has 2 heterocycles. The standard InChI is InChI=1S/C15H16N4S/c1-16-15-17-13-6-4-3-5-12(13)14(18-15)19(2)9-11-7-8-20-10-11/h3-8,10H,9H2,1-2H3,(H,16,17,18). The van der Waals surface area contributed by atoms with Crippen LogP contribution in [-0.2, 0) is 6.54 Å². The zero-order valence-corrected chi connectivity index (χ0v) is 12.3. The number of nitrogens with one attached hydrogen (secondary N) is 1. The first kappa shape index (κ1) is 12.9. The van der Waals surface area contributed by atoms with E-state index < -0.39 is 0 Å². The molecule has 3 rings (SSSR count). The van der Waals surface area contributed by atoms with Gasteiger partial charge in [-0.15, -0.1) is 0 Å². The van der Waals surface area contributed by atoms with Crippen molar-refractivity contribution in [3.63, 3.8) is 0 Å². The number of nitrogens with zero attached hydrogens (tertiary/aromatic N) is 3. The second kappa shape index (κ2) is 5.46. The topological polar surface area (TPSA) is 41.1 Å². The Balaban J connectivity index is 2.04. The van der Waals surface area contributed by atoms with Crippen LogP contribution in [0.4, 0.5) is 11.8 Å². The first-order chi connectivity index (χ1) is 9.78. The van der Waals surface area contributed by atoms with Gasteiger partial charge in [-0.25, -0.2) is 4.98 Å². The zero-order valence-electron chi connectivity index (χ0n) is 11.5. The van der Waals surface area contributed by atoms with Crippen molar-refractivity contribution < 1.29 is 0 Å². The highest BCUT2D eigenvalue weighted by atomic mass is 32.1. The third kappa shape index (κ3) is 2.44. The van der Waals surface area contributed by atoms with Crippen molar-refractivity contribution in [1.82, 2.24) is 9.97 Å². The third-order valence-electron chi connectivity index (χ3n) is 3.17. The summed E-state index contributed by atoms with van der Waals surface area (Å²) >= 11 is 1.72. The molecule has 0 amide bonds. The van der Waals surface area contributed by atoms with Gasteiger partial charge in [0.2, 0.25) is 5.95 Å². The molecule has 4 nitrogen and oxygen atoms in total. The molecule has 0 radical (unpaired) electrons. The van der Waals surface area contributed by atoms with Gasteiger partial charge in [-0.2, -0.15) is 16.3 Å². The van der Waals surface area contributed by atoms with Crippen LogP contribution in [0.15, 0.2) is 41.1 Å². The third-order valence-corrected chi connectivity index (χ3v) is 3.90. The number of hydrogen-bond donors (Lipinski definition) is 1. The van der Waals surface area contributed by atoms with E-state index in [4.69, 9.17) is 0 Å². The summed E-state index contributed by atoms with van der Waals surface area (Å²) in [6, 6.07) is 10.2. The van der Waals surface area contributed by atoms with Crippen molar-refractivity contribution in [2.24, 2.45) is 0 Å². The highest BCUT2D eigenvalue weighted by molar-refractivity contribution is 7.07. The summed E-state index contributed by atoms with van der Waals surface area (Å²) < 4.78 is 0. The molecule has 102 valence electrons. The fraction of sp³-hybridized carbons (Fsp3) is 0.200. The minimum Gasteiger partial charge on any atom is -0.357 e. The Morgan fingerprint density at radius 1 is 1.20 bits per heavy atom. The molecule has 0 aliphatic carbocycles. The molecule has 5 heteroatoms. The Labute approximate surface area is 122 Å². The largest absolute Gasteiger partial charge is 0.357 e. The number of benzene rings is 1. The number of thiophene rings is 1. The molecular formula is C15H16N4S. The van der Waals surface area contributed by atoms with E-state index >= 15 is 0 Å². The van der Waals surface area contributed by atoms with Gasteiger partial charge in [-0.05, 0) is 34.5 Å². The van der Waals surface area contributed by atoms with Gasteiger partial charge in [0.1, 0.15) is 5.82 Å². The number of fused-ring (bicyclic) bond motifs is 1. The summed E-state index contributed by atoms with van der Waals surface area (Å²) in [6.45, 7) is 0.841. The molecule has 1 aromatic carbocycles. The number of hydrogen-bond acceptors (Lipinski definition) is 5. The Bertz CT molecular complexity index is 709. The van der Waals surface area contributed by atoms with Gasteiger partial charge in [-0.3, -0.25) is 0 Å². The maximum absolute atomic E-state index is 4.61. The molecule has 1 N–H and O–H groups in total. The minimum absolute atomic E-state index is 0.649. The van der Waals surface area contributed by atoms with Gasteiger partial charge in [0.05, 0.1) is 5.52 Å². The van der Waals surface area contributed by atoms with E-state index in [2.05, 4.69) is 50.1 Å². The lowest BCUT2D eigenvalue weighted by Gasteiger charge is -2.20. The fourth-order valence-corrected chi connectivity index (χ4v) is 2.85. The molecule has 0 saturated carbocycles. The molecule has 3 aromatic rings. The maximum Gasteiger partial charge on any atom is 0.224 e. The second-order valence-corrected chi connectivity index (χ2v) is 5.41. The summed E-state index contributed by atoms with van der Waals surface area (Å²) in [5, 5.41) is 8.36. The quantitative estimate of drug-likeness (QED) is 0.797. The normalized spacial score (nSPS) is 10.7. The van der Waals surface area contributed by atoms with Gasteiger partial charge in [0, 0.05) is 26.0 Å². The van der Waals surface area contributed by atoms with Crippen molar-refractivity contribution in [1.29, 1.82) is 0 Å². The summed E-state index contributed by atoms with van der Waals surface area (Å²) in [5.41, 5.74) is 2.25. The first-order valence-electron chi connectivity index (χ1n) is 6.44. The Kier molecular flexibility index (Phi) is 3.52. The smallest absolute Gasteiger partial charge is 0.224 e. The lowest BCUT2D eigenvalue weighted by Crippen LogP contribution is -2.18. The van der Waals surface area contributed by atoms with Crippen LogP contribution in [0.3, 0.4) is 0 Å². The Morgan fingerprint density at radius 2 is 2.05 bits per heavy atom. The number of rotatable bonds is 4. The average molecular weight is 284 g/mol. The Morgan fingerprint density at radius 3 is 2.80 bits per heavy atom. The van der Waals surface area contributed by atoms with Crippen LogP contribution in [0.5, 0.6) is 0 Å². The van der Waals surface area contributed by atoms with E-state index in [0.29, 0.717) is 5.95 Å². The van der Waals surface area contributed by atoms with E-state index in [9.17, 15) is 0 Å². The molecule has 0 unspecified atom stereocenters. The fourth-order valence-electron chi connectivity index (χ4n) is 2.19. The van der Waals surface area contributed by atoms with Crippen LogP contribution in [0.2, 0.25) is 0 Å². The lowest BCUT2D eigenvalue weighted by atomic mass is 10.2. The maximum atomic E-state index is 4.61. The Hall–Kier alpha value is -2.14. The molecule has 0 fully saturated rings. The van der Waals surface area contributed by atoms with Crippen LogP contribution in [0.1, 0.15) is 5.56 Å². The molecule has 0 spiro atoms. The van der Waals surface area contributed by atoms with Gasteiger partial charge in [0.25, 0.3) is 0 Å². The van der Waals surface area contributed by atoms with Crippen LogP contribution < -0.4 is 10.2 Å². The van der Waals surface area contributed by atoms with Gasteiger partial charge >= 0.3 is 0 Å². The van der Waals surface area contributed by atoms with E-state index in [1.54, 1.807) is 11.3 Å². The highest BCUT2D eigenvalue weighted by Crippen LogP contribution is 2.25. The first-order valence-corrected chi connectivity index (χ1v) is 7.39. The summed E-state index contributed by atoms with van der Waals surface area (Å²) in [7, 11) is 3.90. The molecule has 0 atom stereocenters. The van der Waals surface area contributed by atoms with Gasteiger partial charge in [-0.1, -0.05) is 12.1 Å². The monoisotopic (exact) mass is 284 g/mol. The van der Waals surface area contributed by atoms with Crippen LogP contribution in [-0.4, -0.2) is 24.1 Å². The molecular weight excluding hydrogens is 268 g/mol. The van der Waals surface area contributed by atoms with E-state index in [1.807, 2.05) is 25.2 Å². The van der Waals surface area contributed by atoms with E-state index in [0.717, 1.165) is 23.3 Å². The van der Waals surface area contributed by atoms with Crippen molar-refractivity contribution in [3.05, 3.63) is 46.7 Å². The minimum atomic E-state index is 0.649. The van der Waals surface area contributed by atoms with Crippen LogP contribution >= 0.6 is 11.3 Å². The number of anilines is 2. The summed E-state index contributed by atoms with van der Waals surface area (Å²) in [6.07, 6.45) is 0. The van der Waals surface area contributed by atoms with Gasteiger partial charge < -0.3 is 10.2 Å². The van der Waals surface area contributed by atoms with Crippen molar-refractivity contribution in [2.75, 3.05) is 24.3 Å². The van der Waals surface area contributed by atoms with Crippen molar-refractivity contribution >= 4 is 34.0 Å². The molecule has 0 saturated heterocycles. The predicted octanol–water partition coefficient (Wildman–Crippen LogP) is 3.37. The van der Waals surface area contributed by atoms with E-state index in [1.165, 1.54) is 5.56 Å². The zero-order chi connectivity index (χ0) is 13.9. The molecule has 0 aliphatic rings. The van der Waals surface area contributed by atoms with Crippen LogP contribution in [0, 0.1) is 0 Å². The summed E-state index contributed by atoms with van der Waals surface area (Å²) in [4.78, 5) is 11.3. The molecule has 2 aromatic heterocycles. The molecule has 20 heavy (non-hydrogen) atoms. The molecule has 0 aliphatic heterocycles. The van der Waals surface area contributed by atoms with E-state index in [-0.39, 0.29) is 0 Å². The molecule has 0 bridgehead atoms. The van der Waals surface area contributed by atoms with Crippen molar-refractivity contribution in [2.45, 2.75) is 6.54 Å². The van der Waals surface area contributed by atoms with Crippen LogP contribution in [0.25, 0.3) is 10.9 Å². The second-order valence-electron chi connectivity index (χ2n) is 4.63. The summed E-state index contributed by atoms with van der Waals surface area (Å²) in [5.74, 6) is 1.60.